The minimum absolute atomic E-state index is 0.121. The molecule has 0 aliphatic carbocycles. The summed E-state index contributed by atoms with van der Waals surface area (Å²) in [5.74, 6) is 2.30. The minimum Gasteiger partial charge on any atom is -0.492 e. The Hall–Kier alpha value is -2.98. The molecule has 1 unspecified atom stereocenters. The van der Waals surface area contributed by atoms with Crippen molar-refractivity contribution < 1.29 is 9.52 Å². The SMILES string of the molecule is Cc1nc2sc(C(c3ccco3)N3CCN(c4ncccn4)CC3)c(O)n2n1. The molecule has 10 heteroatoms. The third-order valence-electron chi connectivity index (χ3n) is 4.88. The molecule has 0 aromatic carbocycles. The summed E-state index contributed by atoms with van der Waals surface area (Å²) in [5, 5.41) is 15.1. The summed E-state index contributed by atoms with van der Waals surface area (Å²) in [6.45, 7) is 4.98. The van der Waals surface area contributed by atoms with Crippen molar-refractivity contribution in [2.75, 3.05) is 31.1 Å². The number of anilines is 1. The predicted molar refractivity (Wildman–Crippen MR) is 104 cm³/mol. The summed E-state index contributed by atoms with van der Waals surface area (Å²) in [6.07, 6.45) is 5.18. The third-order valence-corrected chi connectivity index (χ3v) is 5.95. The first-order valence-corrected chi connectivity index (χ1v) is 9.87. The van der Waals surface area contributed by atoms with E-state index in [1.165, 1.54) is 15.9 Å². The number of nitrogens with zero attached hydrogens (tertiary/aromatic N) is 7. The molecule has 28 heavy (non-hydrogen) atoms. The lowest BCUT2D eigenvalue weighted by molar-refractivity contribution is 0.190. The number of rotatable bonds is 4. The van der Waals surface area contributed by atoms with E-state index in [1.54, 1.807) is 18.7 Å². The fraction of sp³-hybridized carbons (Fsp3) is 0.333. The van der Waals surface area contributed by atoms with Crippen LogP contribution in [0.15, 0.2) is 41.3 Å². The number of aromatic nitrogens is 5. The van der Waals surface area contributed by atoms with E-state index in [-0.39, 0.29) is 11.9 Å². The van der Waals surface area contributed by atoms with E-state index in [0.29, 0.717) is 10.8 Å². The number of piperazine rings is 1. The molecule has 1 atom stereocenters. The van der Waals surface area contributed by atoms with Crippen molar-refractivity contribution in [2.45, 2.75) is 13.0 Å². The number of hydrogen-bond donors (Lipinski definition) is 1. The Kier molecular flexibility index (Phi) is 4.21. The highest BCUT2D eigenvalue weighted by Crippen LogP contribution is 2.40. The highest BCUT2D eigenvalue weighted by atomic mass is 32.1. The summed E-state index contributed by atoms with van der Waals surface area (Å²) in [6, 6.07) is 5.44. The van der Waals surface area contributed by atoms with Crippen LogP contribution in [0.3, 0.4) is 0 Å². The van der Waals surface area contributed by atoms with Crippen LogP contribution in [0.2, 0.25) is 0 Å². The Morgan fingerprint density at radius 1 is 1.14 bits per heavy atom. The Bertz CT molecular complexity index is 1070. The van der Waals surface area contributed by atoms with Gasteiger partial charge in [-0.05, 0) is 25.1 Å². The molecule has 0 radical (unpaired) electrons. The monoisotopic (exact) mass is 397 g/mol. The predicted octanol–water partition coefficient (Wildman–Crippen LogP) is 2.10. The third kappa shape index (κ3) is 2.90. The lowest BCUT2D eigenvalue weighted by Gasteiger charge is -2.38. The first-order valence-electron chi connectivity index (χ1n) is 9.05. The standard InChI is InChI=1S/C18H19N7O2S/c1-12-21-18-25(22-12)16(26)15(28-18)14(13-4-2-11-27-13)23-7-9-24(10-8-23)17-19-5-3-6-20-17/h2-6,11,14,26H,7-10H2,1H3. The molecule has 9 nitrogen and oxygen atoms in total. The van der Waals surface area contributed by atoms with Gasteiger partial charge in [-0.15, -0.1) is 5.10 Å². The van der Waals surface area contributed by atoms with Crippen LogP contribution in [0, 0.1) is 6.92 Å². The molecular weight excluding hydrogens is 378 g/mol. The molecule has 0 amide bonds. The topological polar surface area (TPSA) is 95.8 Å². The number of furan rings is 1. The van der Waals surface area contributed by atoms with Gasteiger partial charge in [0.15, 0.2) is 0 Å². The van der Waals surface area contributed by atoms with Crippen LogP contribution in [0.25, 0.3) is 4.96 Å². The summed E-state index contributed by atoms with van der Waals surface area (Å²) >= 11 is 1.44. The van der Waals surface area contributed by atoms with Crippen molar-refractivity contribution in [3.05, 3.63) is 53.3 Å². The van der Waals surface area contributed by atoms with Gasteiger partial charge in [-0.1, -0.05) is 11.3 Å². The van der Waals surface area contributed by atoms with Crippen LogP contribution < -0.4 is 4.90 Å². The molecule has 0 saturated carbocycles. The Balaban J connectivity index is 1.45. The van der Waals surface area contributed by atoms with Crippen molar-refractivity contribution in [3.63, 3.8) is 0 Å². The summed E-state index contributed by atoms with van der Waals surface area (Å²) in [4.78, 5) is 19.0. The van der Waals surface area contributed by atoms with Crippen LogP contribution in [0.4, 0.5) is 5.95 Å². The maximum Gasteiger partial charge on any atom is 0.230 e. The average Bonchev–Trinajstić information content (AvgIpc) is 3.43. The second kappa shape index (κ2) is 6.88. The number of thiazole rings is 1. The smallest absolute Gasteiger partial charge is 0.230 e. The van der Waals surface area contributed by atoms with Crippen LogP contribution in [0.5, 0.6) is 5.88 Å². The molecule has 4 aromatic heterocycles. The van der Waals surface area contributed by atoms with Gasteiger partial charge in [-0.25, -0.2) is 15.0 Å². The summed E-state index contributed by atoms with van der Waals surface area (Å²) in [5.41, 5.74) is 0. The van der Waals surface area contributed by atoms with E-state index in [0.717, 1.165) is 42.8 Å². The highest BCUT2D eigenvalue weighted by molar-refractivity contribution is 7.17. The molecule has 1 aliphatic rings. The molecule has 0 spiro atoms. The van der Waals surface area contributed by atoms with Gasteiger partial charge in [0.25, 0.3) is 0 Å². The zero-order valence-electron chi connectivity index (χ0n) is 15.3. The second-order valence-electron chi connectivity index (χ2n) is 6.63. The molecule has 5 heterocycles. The zero-order chi connectivity index (χ0) is 19.1. The number of aryl methyl sites for hydroxylation is 1. The molecular formula is C18H19N7O2S. The van der Waals surface area contributed by atoms with Gasteiger partial charge in [-0.3, -0.25) is 4.90 Å². The summed E-state index contributed by atoms with van der Waals surface area (Å²) in [7, 11) is 0. The molecule has 4 aromatic rings. The summed E-state index contributed by atoms with van der Waals surface area (Å²) < 4.78 is 7.23. The van der Waals surface area contributed by atoms with E-state index in [2.05, 4.69) is 29.9 Å². The van der Waals surface area contributed by atoms with Crippen LogP contribution in [-0.2, 0) is 0 Å². The van der Waals surface area contributed by atoms with Gasteiger partial charge >= 0.3 is 0 Å². The molecule has 5 rings (SSSR count). The first kappa shape index (κ1) is 17.1. The molecule has 1 fully saturated rings. The van der Waals surface area contributed by atoms with E-state index in [4.69, 9.17) is 4.42 Å². The van der Waals surface area contributed by atoms with Crippen molar-refractivity contribution in [1.29, 1.82) is 0 Å². The van der Waals surface area contributed by atoms with Gasteiger partial charge in [-0.2, -0.15) is 4.52 Å². The van der Waals surface area contributed by atoms with Crippen molar-refractivity contribution in [3.8, 4) is 5.88 Å². The lowest BCUT2D eigenvalue weighted by atomic mass is 10.1. The Morgan fingerprint density at radius 3 is 2.61 bits per heavy atom. The number of hydrogen-bond acceptors (Lipinski definition) is 9. The van der Waals surface area contributed by atoms with Gasteiger partial charge in [0.1, 0.15) is 17.6 Å². The Labute approximate surface area is 164 Å². The zero-order valence-corrected chi connectivity index (χ0v) is 16.1. The molecule has 144 valence electrons. The minimum atomic E-state index is -0.192. The average molecular weight is 397 g/mol. The molecule has 0 bridgehead atoms. The maximum atomic E-state index is 10.8. The van der Waals surface area contributed by atoms with Gasteiger partial charge in [0, 0.05) is 38.6 Å². The van der Waals surface area contributed by atoms with E-state index < -0.39 is 0 Å². The lowest BCUT2D eigenvalue weighted by Crippen LogP contribution is -2.48. The van der Waals surface area contributed by atoms with Gasteiger partial charge < -0.3 is 14.4 Å². The fourth-order valence-electron chi connectivity index (χ4n) is 3.58. The maximum absolute atomic E-state index is 10.8. The highest BCUT2D eigenvalue weighted by Gasteiger charge is 2.33. The normalized spacial score (nSPS) is 16.7. The number of aromatic hydroxyl groups is 1. The van der Waals surface area contributed by atoms with E-state index in [9.17, 15) is 5.11 Å². The van der Waals surface area contributed by atoms with Crippen LogP contribution >= 0.6 is 11.3 Å². The second-order valence-corrected chi connectivity index (χ2v) is 7.64. The van der Waals surface area contributed by atoms with E-state index in [1.807, 2.05) is 25.1 Å². The molecule has 1 aliphatic heterocycles. The van der Waals surface area contributed by atoms with Crippen molar-refractivity contribution >= 4 is 22.2 Å². The van der Waals surface area contributed by atoms with E-state index >= 15 is 0 Å². The van der Waals surface area contributed by atoms with Crippen LogP contribution in [0.1, 0.15) is 22.5 Å². The molecule has 1 N–H and O–H groups in total. The van der Waals surface area contributed by atoms with Gasteiger partial charge in [0.2, 0.25) is 16.8 Å². The van der Waals surface area contributed by atoms with Gasteiger partial charge in [0.05, 0.1) is 11.1 Å². The van der Waals surface area contributed by atoms with Crippen molar-refractivity contribution in [2.24, 2.45) is 0 Å². The first-order chi connectivity index (χ1) is 13.7. The van der Waals surface area contributed by atoms with Crippen molar-refractivity contribution in [1.82, 2.24) is 29.5 Å². The quantitative estimate of drug-likeness (QED) is 0.559. The van der Waals surface area contributed by atoms with Crippen LogP contribution in [-0.4, -0.2) is 60.8 Å². The number of fused-ring (bicyclic) bond motifs is 1. The fourth-order valence-corrected chi connectivity index (χ4v) is 4.73. The molecule has 1 saturated heterocycles. The Morgan fingerprint density at radius 2 is 1.93 bits per heavy atom. The largest absolute Gasteiger partial charge is 0.492 e.